The largest absolute Gasteiger partial charge is 0.485 e. The van der Waals surface area contributed by atoms with Crippen molar-refractivity contribution in [3.8, 4) is 5.75 Å². The second kappa shape index (κ2) is 8.93. The monoisotopic (exact) mass is 396 g/mol. The van der Waals surface area contributed by atoms with E-state index in [4.69, 9.17) is 4.74 Å². The van der Waals surface area contributed by atoms with Crippen LogP contribution >= 0.6 is 11.8 Å². The summed E-state index contributed by atoms with van der Waals surface area (Å²) in [5.74, 6) is 1.77. The minimum atomic E-state index is -0.0735. The normalized spacial score (nSPS) is 10.7. The van der Waals surface area contributed by atoms with E-state index in [1.165, 1.54) is 11.8 Å². The van der Waals surface area contributed by atoms with Gasteiger partial charge in [0.05, 0.1) is 5.75 Å². The van der Waals surface area contributed by atoms with Crippen LogP contribution in [0.1, 0.15) is 22.5 Å². The fourth-order valence-electron chi connectivity index (χ4n) is 2.79. The van der Waals surface area contributed by atoms with Gasteiger partial charge in [-0.25, -0.2) is 0 Å². The maximum Gasteiger partial charge on any atom is 0.234 e. The van der Waals surface area contributed by atoms with Crippen LogP contribution in [0.2, 0.25) is 0 Å². The maximum atomic E-state index is 12.2. The number of hydrogen-bond donors (Lipinski definition) is 1. The van der Waals surface area contributed by atoms with Crippen molar-refractivity contribution in [2.75, 3.05) is 11.1 Å². The molecule has 1 amide bonds. The number of aromatic nitrogens is 3. The number of hydrogen-bond acceptors (Lipinski definition) is 5. The summed E-state index contributed by atoms with van der Waals surface area (Å²) >= 11 is 1.35. The average Bonchev–Trinajstić information content (AvgIpc) is 3.01. The first-order valence-corrected chi connectivity index (χ1v) is 10.00. The molecule has 0 saturated carbocycles. The molecule has 7 heteroatoms. The molecule has 28 heavy (non-hydrogen) atoms. The Hall–Kier alpha value is -2.80. The third-order valence-corrected chi connectivity index (χ3v) is 5.45. The van der Waals surface area contributed by atoms with Crippen molar-refractivity contribution in [2.45, 2.75) is 32.5 Å². The van der Waals surface area contributed by atoms with Crippen molar-refractivity contribution < 1.29 is 9.53 Å². The summed E-state index contributed by atoms with van der Waals surface area (Å²) in [5, 5.41) is 12.0. The predicted molar refractivity (Wildman–Crippen MR) is 112 cm³/mol. The van der Waals surface area contributed by atoms with Gasteiger partial charge >= 0.3 is 0 Å². The molecule has 0 radical (unpaired) electrons. The summed E-state index contributed by atoms with van der Waals surface area (Å²) in [4.78, 5) is 12.2. The lowest BCUT2D eigenvalue weighted by Gasteiger charge is -2.11. The predicted octanol–water partition coefficient (Wildman–Crippen LogP) is 4.05. The third-order valence-electron chi connectivity index (χ3n) is 4.43. The number of carbonyl (C=O) groups is 1. The van der Waals surface area contributed by atoms with Gasteiger partial charge in [0.2, 0.25) is 5.91 Å². The lowest BCUT2D eigenvalue weighted by Crippen LogP contribution is -2.15. The van der Waals surface area contributed by atoms with Crippen LogP contribution in [0.25, 0.3) is 0 Å². The summed E-state index contributed by atoms with van der Waals surface area (Å²) in [6.45, 7) is 6.33. The van der Waals surface area contributed by atoms with Gasteiger partial charge in [-0.15, -0.1) is 10.2 Å². The van der Waals surface area contributed by atoms with Crippen molar-refractivity contribution in [1.29, 1.82) is 0 Å². The first-order valence-electron chi connectivity index (χ1n) is 9.01. The van der Waals surface area contributed by atoms with E-state index in [-0.39, 0.29) is 11.7 Å². The van der Waals surface area contributed by atoms with Crippen LogP contribution in [0, 0.1) is 20.8 Å². The van der Waals surface area contributed by atoms with Gasteiger partial charge in [0.25, 0.3) is 0 Å². The first kappa shape index (κ1) is 19.9. The molecule has 0 atom stereocenters. The van der Waals surface area contributed by atoms with E-state index in [1.54, 1.807) is 0 Å². The summed E-state index contributed by atoms with van der Waals surface area (Å²) < 4.78 is 7.81. The number of rotatable bonds is 7. The number of para-hydroxylation sites is 2. The fraction of sp³-hybridized carbons (Fsp3) is 0.286. The molecule has 1 aromatic heterocycles. The molecule has 0 bridgehead atoms. The number of benzene rings is 2. The van der Waals surface area contributed by atoms with Gasteiger partial charge in [-0.05, 0) is 43.5 Å². The highest BCUT2D eigenvalue weighted by Crippen LogP contribution is 2.24. The Kier molecular flexibility index (Phi) is 6.36. The Morgan fingerprint density at radius 2 is 1.71 bits per heavy atom. The standard InChI is InChI=1S/C21H24N4O2S/c1-14-8-5-6-11-17(14)22-19(26)13-28-21-24-23-18(25(21)4)12-27-20-15(2)9-7-10-16(20)3/h5-11H,12-13H2,1-4H3,(H,22,26). The molecular formula is C21H24N4O2S. The van der Waals surface area contributed by atoms with Gasteiger partial charge in [-0.3, -0.25) is 4.79 Å². The van der Waals surface area contributed by atoms with Gasteiger partial charge in [0, 0.05) is 12.7 Å². The number of nitrogens with zero attached hydrogens (tertiary/aromatic N) is 3. The maximum absolute atomic E-state index is 12.2. The summed E-state index contributed by atoms with van der Waals surface area (Å²) in [5.41, 5.74) is 4.04. The Morgan fingerprint density at radius 3 is 2.43 bits per heavy atom. The van der Waals surface area contributed by atoms with Crippen LogP contribution in [0.15, 0.2) is 47.6 Å². The molecule has 0 spiro atoms. The van der Waals surface area contributed by atoms with E-state index in [0.29, 0.717) is 17.6 Å². The zero-order chi connectivity index (χ0) is 20.1. The number of nitrogens with one attached hydrogen (secondary N) is 1. The average molecular weight is 397 g/mol. The molecule has 0 fully saturated rings. The van der Waals surface area contributed by atoms with E-state index in [1.807, 2.05) is 74.9 Å². The minimum absolute atomic E-state index is 0.0735. The zero-order valence-corrected chi connectivity index (χ0v) is 17.3. The quantitative estimate of drug-likeness (QED) is 0.610. The molecule has 2 aromatic carbocycles. The zero-order valence-electron chi connectivity index (χ0n) is 16.5. The highest BCUT2D eigenvalue weighted by molar-refractivity contribution is 7.99. The van der Waals surface area contributed by atoms with E-state index in [9.17, 15) is 4.79 Å². The summed E-state index contributed by atoms with van der Waals surface area (Å²) in [7, 11) is 1.88. The van der Waals surface area contributed by atoms with E-state index in [0.717, 1.165) is 28.1 Å². The molecule has 0 aliphatic heterocycles. The Labute approximate surface area is 169 Å². The molecule has 6 nitrogen and oxygen atoms in total. The Bertz CT molecular complexity index is 964. The van der Waals surface area contributed by atoms with Gasteiger partial charge in [-0.1, -0.05) is 48.2 Å². The highest BCUT2D eigenvalue weighted by Gasteiger charge is 2.13. The van der Waals surface area contributed by atoms with Crippen LogP contribution < -0.4 is 10.1 Å². The van der Waals surface area contributed by atoms with Gasteiger partial charge in [0.15, 0.2) is 11.0 Å². The molecule has 0 unspecified atom stereocenters. The summed E-state index contributed by atoms with van der Waals surface area (Å²) in [6, 6.07) is 13.8. The van der Waals surface area contributed by atoms with Crippen molar-refractivity contribution in [3.63, 3.8) is 0 Å². The van der Waals surface area contributed by atoms with Crippen LogP contribution in [0.3, 0.4) is 0 Å². The number of aryl methyl sites for hydroxylation is 3. The molecule has 3 rings (SSSR count). The molecule has 1 heterocycles. The van der Waals surface area contributed by atoms with Crippen molar-refractivity contribution in [3.05, 3.63) is 65.0 Å². The van der Waals surface area contributed by atoms with Crippen LogP contribution in [0.5, 0.6) is 5.75 Å². The second-order valence-electron chi connectivity index (χ2n) is 6.62. The first-order chi connectivity index (χ1) is 13.5. The minimum Gasteiger partial charge on any atom is -0.485 e. The topological polar surface area (TPSA) is 69.0 Å². The molecule has 0 aliphatic rings. The number of thioether (sulfide) groups is 1. The molecule has 146 valence electrons. The SMILES string of the molecule is Cc1ccccc1NC(=O)CSc1nnc(COc2c(C)cccc2C)n1C. The van der Waals surface area contributed by atoms with Gasteiger partial charge in [-0.2, -0.15) is 0 Å². The number of amides is 1. The smallest absolute Gasteiger partial charge is 0.234 e. The number of anilines is 1. The summed E-state index contributed by atoms with van der Waals surface area (Å²) in [6.07, 6.45) is 0. The molecule has 3 aromatic rings. The second-order valence-corrected chi connectivity index (χ2v) is 7.56. The number of ether oxygens (including phenoxy) is 1. The van der Waals surface area contributed by atoms with Gasteiger partial charge < -0.3 is 14.6 Å². The molecular weight excluding hydrogens is 372 g/mol. The highest BCUT2D eigenvalue weighted by atomic mass is 32.2. The van der Waals surface area contributed by atoms with Gasteiger partial charge in [0.1, 0.15) is 12.4 Å². The van der Waals surface area contributed by atoms with Crippen LogP contribution in [-0.4, -0.2) is 26.4 Å². The fourth-order valence-corrected chi connectivity index (χ4v) is 3.52. The molecule has 0 aliphatic carbocycles. The van der Waals surface area contributed by atoms with Crippen LogP contribution in [-0.2, 0) is 18.4 Å². The van der Waals surface area contributed by atoms with Crippen LogP contribution in [0.4, 0.5) is 5.69 Å². The van der Waals surface area contributed by atoms with Crippen molar-refractivity contribution in [1.82, 2.24) is 14.8 Å². The molecule has 0 saturated heterocycles. The van der Waals surface area contributed by atoms with E-state index < -0.39 is 0 Å². The Morgan fingerprint density at radius 1 is 1.04 bits per heavy atom. The van der Waals surface area contributed by atoms with Crippen molar-refractivity contribution >= 4 is 23.4 Å². The third kappa shape index (κ3) is 4.72. The Balaban J connectivity index is 1.57. The lowest BCUT2D eigenvalue weighted by atomic mass is 10.1. The number of carbonyl (C=O) groups excluding carboxylic acids is 1. The lowest BCUT2D eigenvalue weighted by molar-refractivity contribution is -0.113. The molecule has 1 N–H and O–H groups in total. The van der Waals surface area contributed by atoms with Crippen molar-refractivity contribution in [2.24, 2.45) is 7.05 Å². The van der Waals surface area contributed by atoms with E-state index >= 15 is 0 Å². The van der Waals surface area contributed by atoms with E-state index in [2.05, 4.69) is 15.5 Å².